The van der Waals surface area contributed by atoms with E-state index in [1.54, 1.807) is 11.3 Å². The number of rotatable bonds is 3. The summed E-state index contributed by atoms with van der Waals surface area (Å²) in [6.45, 7) is 5.36. The van der Waals surface area contributed by atoms with Crippen LogP contribution in [0.2, 0.25) is 0 Å². The maximum absolute atomic E-state index is 13.9. The lowest BCUT2D eigenvalue weighted by Gasteiger charge is -2.34. The van der Waals surface area contributed by atoms with Gasteiger partial charge in [0.25, 0.3) is 0 Å². The maximum Gasteiger partial charge on any atom is 0.186 e. The van der Waals surface area contributed by atoms with E-state index in [9.17, 15) is 8.78 Å². The van der Waals surface area contributed by atoms with E-state index < -0.39 is 11.6 Å². The molecule has 3 heterocycles. The zero-order valence-electron chi connectivity index (χ0n) is 15.3. The van der Waals surface area contributed by atoms with Gasteiger partial charge < -0.3 is 9.80 Å². The molecule has 4 nitrogen and oxygen atoms in total. The molecular formula is C20H18F2N4S2. The zero-order valence-corrected chi connectivity index (χ0v) is 16.9. The van der Waals surface area contributed by atoms with E-state index in [2.05, 4.69) is 39.9 Å². The highest BCUT2D eigenvalue weighted by Gasteiger charge is 2.23. The first-order valence-electron chi connectivity index (χ1n) is 9.26. The Balaban J connectivity index is 1.36. The zero-order chi connectivity index (χ0) is 19.3. The van der Waals surface area contributed by atoms with E-state index in [0.717, 1.165) is 54.4 Å². The standard InChI is InChI=1S/C20H18F2N4S2/c1-2-12-4-3-5-15-17(12)23-19(27-15)25-6-8-26(9-7-25)20-24-18-14(22)10-13(21)11-16(18)28-20/h3-5,10-11H,2,6-9H2,1H3. The van der Waals surface area contributed by atoms with Crippen molar-refractivity contribution in [2.24, 2.45) is 0 Å². The molecule has 1 fully saturated rings. The monoisotopic (exact) mass is 416 g/mol. The van der Waals surface area contributed by atoms with Crippen LogP contribution >= 0.6 is 22.7 Å². The van der Waals surface area contributed by atoms with Crippen molar-refractivity contribution < 1.29 is 8.78 Å². The molecule has 0 aliphatic carbocycles. The lowest BCUT2D eigenvalue weighted by Crippen LogP contribution is -2.46. The molecule has 2 aromatic heterocycles. The van der Waals surface area contributed by atoms with Crippen molar-refractivity contribution in [3.63, 3.8) is 0 Å². The van der Waals surface area contributed by atoms with Crippen molar-refractivity contribution in [3.8, 4) is 0 Å². The van der Waals surface area contributed by atoms with Crippen LogP contribution in [-0.4, -0.2) is 36.1 Å². The van der Waals surface area contributed by atoms with E-state index in [0.29, 0.717) is 4.70 Å². The van der Waals surface area contributed by atoms with Crippen LogP contribution in [0.15, 0.2) is 30.3 Å². The van der Waals surface area contributed by atoms with E-state index in [-0.39, 0.29) is 5.52 Å². The smallest absolute Gasteiger partial charge is 0.186 e. The first kappa shape index (κ1) is 17.8. The number of aryl methyl sites for hydroxylation is 1. The molecule has 0 radical (unpaired) electrons. The van der Waals surface area contributed by atoms with Crippen molar-refractivity contribution in [3.05, 3.63) is 47.5 Å². The molecule has 0 unspecified atom stereocenters. The highest BCUT2D eigenvalue weighted by Crippen LogP contribution is 2.34. The fourth-order valence-corrected chi connectivity index (χ4v) is 5.71. The van der Waals surface area contributed by atoms with Gasteiger partial charge in [-0.05, 0) is 24.1 Å². The van der Waals surface area contributed by atoms with Gasteiger partial charge in [0.2, 0.25) is 0 Å². The summed E-state index contributed by atoms with van der Waals surface area (Å²) in [6.07, 6.45) is 0.975. The third kappa shape index (κ3) is 3.00. The predicted octanol–water partition coefficient (Wildman–Crippen LogP) is 5.07. The summed E-state index contributed by atoms with van der Waals surface area (Å²) in [4.78, 5) is 13.7. The molecule has 5 rings (SSSR count). The molecule has 8 heteroatoms. The first-order chi connectivity index (χ1) is 13.6. The van der Waals surface area contributed by atoms with Crippen LogP contribution in [0.3, 0.4) is 0 Å². The molecule has 0 atom stereocenters. The second kappa shape index (κ2) is 6.93. The molecule has 1 aliphatic heterocycles. The summed E-state index contributed by atoms with van der Waals surface area (Å²) in [7, 11) is 0. The van der Waals surface area contributed by atoms with Gasteiger partial charge in [-0.3, -0.25) is 0 Å². The number of nitrogens with zero attached hydrogens (tertiary/aromatic N) is 4. The van der Waals surface area contributed by atoms with Crippen LogP contribution in [0.4, 0.5) is 19.0 Å². The SMILES string of the molecule is CCc1cccc2sc(N3CCN(c4nc5c(F)cc(F)cc5s4)CC3)nc12. The topological polar surface area (TPSA) is 32.3 Å². The molecule has 1 aliphatic rings. The maximum atomic E-state index is 13.9. The molecule has 4 aromatic rings. The Morgan fingerprint density at radius 3 is 2.21 bits per heavy atom. The first-order valence-corrected chi connectivity index (χ1v) is 10.9. The lowest BCUT2D eigenvalue weighted by molar-refractivity contribution is 0.591. The third-order valence-corrected chi connectivity index (χ3v) is 7.24. The highest BCUT2D eigenvalue weighted by molar-refractivity contribution is 7.22. The average Bonchev–Trinajstić information content (AvgIpc) is 3.32. The van der Waals surface area contributed by atoms with E-state index >= 15 is 0 Å². The fraction of sp³-hybridized carbons (Fsp3) is 0.300. The second-order valence-corrected chi connectivity index (χ2v) is 8.84. The normalized spacial score (nSPS) is 15.1. The van der Waals surface area contributed by atoms with Gasteiger partial charge in [-0.2, -0.15) is 0 Å². The van der Waals surface area contributed by atoms with Gasteiger partial charge in [0.05, 0.1) is 14.9 Å². The molecule has 0 spiro atoms. The van der Waals surface area contributed by atoms with Crippen molar-refractivity contribution in [1.82, 2.24) is 9.97 Å². The molecular weight excluding hydrogens is 398 g/mol. The Morgan fingerprint density at radius 1 is 0.893 bits per heavy atom. The Morgan fingerprint density at radius 2 is 1.54 bits per heavy atom. The van der Waals surface area contributed by atoms with Gasteiger partial charge in [0.1, 0.15) is 11.3 Å². The molecule has 0 saturated carbocycles. The number of anilines is 2. The summed E-state index contributed by atoms with van der Waals surface area (Å²) in [5.41, 5.74) is 2.64. The van der Waals surface area contributed by atoms with Gasteiger partial charge in [-0.25, -0.2) is 18.7 Å². The number of hydrogen-bond acceptors (Lipinski definition) is 6. The van der Waals surface area contributed by atoms with Crippen molar-refractivity contribution in [2.45, 2.75) is 13.3 Å². The minimum Gasteiger partial charge on any atom is -0.345 e. The van der Waals surface area contributed by atoms with Gasteiger partial charge in [-0.1, -0.05) is 41.7 Å². The number of aromatic nitrogens is 2. The minimum atomic E-state index is -0.600. The van der Waals surface area contributed by atoms with E-state index in [4.69, 9.17) is 4.98 Å². The van der Waals surface area contributed by atoms with Crippen LogP contribution in [0.25, 0.3) is 20.4 Å². The number of thiazole rings is 2. The number of hydrogen-bond donors (Lipinski definition) is 0. The van der Waals surface area contributed by atoms with Crippen LogP contribution in [0, 0.1) is 11.6 Å². The van der Waals surface area contributed by atoms with E-state index in [1.165, 1.54) is 27.7 Å². The van der Waals surface area contributed by atoms with Crippen molar-refractivity contribution >= 4 is 53.4 Å². The number of fused-ring (bicyclic) bond motifs is 2. The molecule has 28 heavy (non-hydrogen) atoms. The third-order valence-electron chi connectivity index (χ3n) is 5.09. The Bertz CT molecular complexity index is 1160. The summed E-state index contributed by atoms with van der Waals surface area (Å²) in [5, 5.41) is 1.80. The molecule has 2 aromatic carbocycles. The molecule has 0 N–H and O–H groups in total. The van der Waals surface area contributed by atoms with Crippen LogP contribution < -0.4 is 9.80 Å². The van der Waals surface area contributed by atoms with Crippen LogP contribution in [0.1, 0.15) is 12.5 Å². The predicted molar refractivity (Wildman–Crippen MR) is 113 cm³/mol. The van der Waals surface area contributed by atoms with Crippen molar-refractivity contribution in [1.29, 1.82) is 0 Å². The average molecular weight is 417 g/mol. The highest BCUT2D eigenvalue weighted by atomic mass is 32.1. The molecule has 144 valence electrons. The number of piperazine rings is 1. The van der Waals surface area contributed by atoms with Crippen LogP contribution in [0.5, 0.6) is 0 Å². The fourth-order valence-electron chi connectivity index (χ4n) is 3.58. The van der Waals surface area contributed by atoms with Crippen LogP contribution in [-0.2, 0) is 6.42 Å². The second-order valence-electron chi connectivity index (χ2n) is 6.82. The Labute approximate surface area is 169 Å². The summed E-state index contributed by atoms with van der Waals surface area (Å²) in [5.74, 6) is -1.16. The summed E-state index contributed by atoms with van der Waals surface area (Å²) < 4.78 is 29.2. The Kier molecular flexibility index (Phi) is 4.40. The minimum absolute atomic E-state index is 0.252. The molecule has 1 saturated heterocycles. The van der Waals surface area contributed by atoms with Gasteiger partial charge >= 0.3 is 0 Å². The molecule has 0 bridgehead atoms. The number of benzene rings is 2. The van der Waals surface area contributed by atoms with Gasteiger partial charge in [0.15, 0.2) is 16.1 Å². The summed E-state index contributed by atoms with van der Waals surface area (Å²) in [6, 6.07) is 8.60. The van der Waals surface area contributed by atoms with Gasteiger partial charge in [-0.15, -0.1) is 0 Å². The quantitative estimate of drug-likeness (QED) is 0.467. The largest absolute Gasteiger partial charge is 0.345 e. The van der Waals surface area contributed by atoms with Crippen molar-refractivity contribution in [2.75, 3.05) is 36.0 Å². The van der Waals surface area contributed by atoms with E-state index in [1.807, 2.05) is 0 Å². The Hall–Kier alpha value is -2.32. The lowest BCUT2D eigenvalue weighted by atomic mass is 10.1. The summed E-state index contributed by atoms with van der Waals surface area (Å²) >= 11 is 3.07. The van der Waals surface area contributed by atoms with Gasteiger partial charge in [0, 0.05) is 32.2 Å². The molecule has 0 amide bonds. The number of para-hydroxylation sites is 1. The number of halogens is 2.